The second kappa shape index (κ2) is 4.13. The van der Waals surface area contributed by atoms with Gasteiger partial charge in [0.25, 0.3) is 0 Å². The molecular weight excluding hydrogens is 230 g/mol. The first-order chi connectivity index (χ1) is 8.51. The largest absolute Gasteiger partial charge is 0.347 e. The van der Waals surface area contributed by atoms with Crippen LogP contribution in [-0.2, 0) is 17.9 Å². The molecule has 0 atom stereocenters. The Labute approximate surface area is 117 Å². The van der Waals surface area contributed by atoms with Crippen molar-refractivity contribution in [1.29, 1.82) is 0 Å². The lowest BCUT2D eigenvalue weighted by atomic mass is 9.85. The van der Waals surface area contributed by atoms with Crippen LogP contribution in [-0.4, -0.2) is 4.57 Å². The molecule has 0 amide bonds. The average Bonchev–Trinajstić information content (AvgIpc) is 2.55. The Morgan fingerprint density at radius 3 is 1.89 bits per heavy atom. The first-order valence-electron chi connectivity index (χ1n) is 7.13. The monoisotopic (exact) mass is 257 g/mol. The molecule has 2 aromatic rings. The number of nitrogens with zero attached hydrogens (tertiary/aromatic N) is 1. The number of rotatable bonds is 0. The highest BCUT2D eigenvalue weighted by Crippen LogP contribution is 2.33. The smallest absolute Gasteiger partial charge is 0.0485 e. The van der Waals surface area contributed by atoms with Crippen molar-refractivity contribution < 1.29 is 0 Å². The van der Waals surface area contributed by atoms with Crippen LogP contribution in [0.5, 0.6) is 0 Å². The fourth-order valence-corrected chi connectivity index (χ4v) is 2.76. The van der Waals surface area contributed by atoms with E-state index in [1.807, 2.05) is 0 Å². The number of hydrogen-bond donors (Lipinski definition) is 0. The van der Waals surface area contributed by atoms with Crippen molar-refractivity contribution >= 4 is 10.9 Å². The van der Waals surface area contributed by atoms with E-state index < -0.39 is 0 Å². The Morgan fingerprint density at radius 1 is 0.842 bits per heavy atom. The molecule has 0 saturated heterocycles. The van der Waals surface area contributed by atoms with Gasteiger partial charge in [-0.3, -0.25) is 0 Å². The lowest BCUT2D eigenvalue weighted by molar-refractivity contribution is 0.547. The minimum Gasteiger partial charge on any atom is -0.347 e. The summed E-state index contributed by atoms with van der Waals surface area (Å²) in [5.74, 6) is 0. The minimum atomic E-state index is 0.183. The van der Waals surface area contributed by atoms with E-state index in [0.717, 1.165) is 0 Å². The lowest BCUT2D eigenvalue weighted by Gasteiger charge is -2.21. The molecule has 1 heteroatoms. The first-order valence-corrected chi connectivity index (χ1v) is 7.13. The van der Waals surface area contributed by atoms with Crippen LogP contribution in [0.15, 0.2) is 18.2 Å². The Hall–Kier alpha value is -1.24. The highest BCUT2D eigenvalue weighted by atomic mass is 15.0. The topological polar surface area (TPSA) is 4.93 Å². The van der Waals surface area contributed by atoms with Crippen molar-refractivity contribution in [2.75, 3.05) is 0 Å². The highest BCUT2D eigenvalue weighted by Gasteiger charge is 2.22. The van der Waals surface area contributed by atoms with Gasteiger partial charge in [0.05, 0.1) is 0 Å². The summed E-state index contributed by atoms with van der Waals surface area (Å²) in [6, 6.07) is 7.06. The molecule has 0 fully saturated rings. The van der Waals surface area contributed by atoms with Gasteiger partial charge in [0.2, 0.25) is 0 Å². The molecule has 0 spiro atoms. The zero-order chi connectivity index (χ0) is 14.6. The van der Waals surface area contributed by atoms with Crippen LogP contribution < -0.4 is 0 Å². The molecular formula is C18H27N. The molecule has 0 bridgehead atoms. The quantitative estimate of drug-likeness (QED) is 0.620. The van der Waals surface area contributed by atoms with Gasteiger partial charge in [0.15, 0.2) is 0 Å². The van der Waals surface area contributed by atoms with E-state index in [-0.39, 0.29) is 10.8 Å². The molecule has 0 aliphatic carbocycles. The van der Waals surface area contributed by atoms with E-state index in [4.69, 9.17) is 0 Å². The average molecular weight is 257 g/mol. The van der Waals surface area contributed by atoms with Gasteiger partial charge >= 0.3 is 0 Å². The maximum atomic E-state index is 2.36. The van der Waals surface area contributed by atoms with Crippen molar-refractivity contribution in [1.82, 2.24) is 4.57 Å². The molecule has 0 unspecified atom stereocenters. The van der Waals surface area contributed by atoms with Crippen molar-refractivity contribution in [3.8, 4) is 0 Å². The molecule has 0 N–H and O–H groups in total. The SMILES string of the molecule is Cc1cc(C(C)(C)C)cc2c1cc(C(C)(C)C)n2C. The second-order valence-corrected chi connectivity index (χ2v) is 7.81. The Bertz CT molecular complexity index is 616. The van der Waals surface area contributed by atoms with Gasteiger partial charge in [-0.15, -0.1) is 0 Å². The van der Waals surface area contributed by atoms with Gasteiger partial charge in [-0.1, -0.05) is 47.6 Å². The van der Waals surface area contributed by atoms with Crippen LogP contribution in [0.25, 0.3) is 10.9 Å². The molecule has 1 aromatic carbocycles. The van der Waals surface area contributed by atoms with Gasteiger partial charge < -0.3 is 4.57 Å². The molecule has 2 rings (SSSR count). The third-order valence-corrected chi connectivity index (χ3v) is 4.00. The first kappa shape index (κ1) is 14.2. The Morgan fingerprint density at radius 2 is 1.42 bits per heavy atom. The molecule has 1 heterocycles. The van der Waals surface area contributed by atoms with Crippen LogP contribution in [0.1, 0.15) is 58.4 Å². The predicted octanol–water partition coefficient (Wildman–Crippen LogP) is 5.08. The summed E-state index contributed by atoms with van der Waals surface area (Å²) in [6.45, 7) is 15.9. The number of aromatic nitrogens is 1. The van der Waals surface area contributed by atoms with E-state index >= 15 is 0 Å². The van der Waals surface area contributed by atoms with Gasteiger partial charge in [0, 0.05) is 29.1 Å². The molecule has 1 aromatic heterocycles. The number of benzene rings is 1. The van der Waals surface area contributed by atoms with Gasteiger partial charge in [-0.05, 0) is 35.6 Å². The zero-order valence-corrected chi connectivity index (χ0v) is 13.7. The molecule has 1 nitrogen and oxygen atoms in total. The number of fused-ring (bicyclic) bond motifs is 1. The molecule has 19 heavy (non-hydrogen) atoms. The van der Waals surface area contributed by atoms with Crippen molar-refractivity contribution in [2.45, 2.75) is 59.3 Å². The maximum Gasteiger partial charge on any atom is 0.0485 e. The Balaban J connectivity index is 2.79. The maximum absolute atomic E-state index is 2.36. The summed E-state index contributed by atoms with van der Waals surface area (Å²) in [6.07, 6.45) is 0. The second-order valence-electron chi connectivity index (χ2n) is 7.81. The summed E-state index contributed by atoms with van der Waals surface area (Å²) in [5, 5.41) is 1.39. The third-order valence-electron chi connectivity index (χ3n) is 4.00. The van der Waals surface area contributed by atoms with E-state index in [9.17, 15) is 0 Å². The zero-order valence-electron chi connectivity index (χ0n) is 13.7. The van der Waals surface area contributed by atoms with Gasteiger partial charge in [-0.2, -0.15) is 0 Å². The van der Waals surface area contributed by atoms with Crippen molar-refractivity contribution in [3.63, 3.8) is 0 Å². The Kier molecular flexibility index (Phi) is 3.08. The molecule has 104 valence electrons. The van der Waals surface area contributed by atoms with E-state index in [0.29, 0.717) is 0 Å². The van der Waals surface area contributed by atoms with Crippen LogP contribution >= 0.6 is 0 Å². The number of hydrogen-bond acceptors (Lipinski definition) is 0. The summed E-state index contributed by atoms with van der Waals surface area (Å²) in [5.41, 5.74) is 5.94. The van der Waals surface area contributed by atoms with E-state index in [1.54, 1.807) is 0 Å². The summed E-state index contributed by atoms with van der Waals surface area (Å²) >= 11 is 0. The standard InChI is InChI=1S/C18H27N/c1-12-9-13(17(2,3)4)10-15-14(12)11-16(19(15)8)18(5,6)7/h9-11H,1-8H3. The summed E-state index contributed by atoms with van der Waals surface area (Å²) in [4.78, 5) is 0. The third kappa shape index (κ3) is 2.43. The fourth-order valence-electron chi connectivity index (χ4n) is 2.76. The molecule has 0 saturated carbocycles. The molecule has 0 aliphatic heterocycles. The van der Waals surface area contributed by atoms with Crippen LogP contribution in [0.4, 0.5) is 0 Å². The molecule has 0 radical (unpaired) electrons. The van der Waals surface area contributed by atoms with Crippen LogP contribution in [0.3, 0.4) is 0 Å². The summed E-state index contributed by atoms with van der Waals surface area (Å²) in [7, 11) is 2.19. The normalized spacial score (nSPS) is 13.3. The fraction of sp³-hybridized carbons (Fsp3) is 0.556. The highest BCUT2D eigenvalue weighted by molar-refractivity contribution is 5.86. The lowest BCUT2D eigenvalue weighted by Crippen LogP contribution is -2.15. The van der Waals surface area contributed by atoms with E-state index in [2.05, 4.69) is 78.3 Å². The minimum absolute atomic E-state index is 0.183. The van der Waals surface area contributed by atoms with Crippen LogP contribution in [0.2, 0.25) is 0 Å². The number of aryl methyl sites for hydroxylation is 2. The van der Waals surface area contributed by atoms with E-state index in [1.165, 1.54) is 27.7 Å². The van der Waals surface area contributed by atoms with Crippen molar-refractivity contribution in [2.24, 2.45) is 7.05 Å². The van der Waals surface area contributed by atoms with Crippen LogP contribution in [0, 0.1) is 6.92 Å². The summed E-state index contributed by atoms with van der Waals surface area (Å²) < 4.78 is 2.36. The molecule has 0 aliphatic rings. The predicted molar refractivity (Wildman–Crippen MR) is 85.1 cm³/mol. The van der Waals surface area contributed by atoms with Gasteiger partial charge in [-0.25, -0.2) is 0 Å². The van der Waals surface area contributed by atoms with Gasteiger partial charge in [0.1, 0.15) is 0 Å². The van der Waals surface area contributed by atoms with Crippen molar-refractivity contribution in [3.05, 3.63) is 35.0 Å².